The summed E-state index contributed by atoms with van der Waals surface area (Å²) in [5, 5.41) is 30.7. The summed E-state index contributed by atoms with van der Waals surface area (Å²) in [5.74, 6) is 0. The van der Waals surface area contributed by atoms with E-state index in [1.807, 2.05) is 48.9 Å². The van der Waals surface area contributed by atoms with Crippen LogP contribution in [0, 0.1) is 11.3 Å². The number of imidazole rings is 1. The molecule has 0 unspecified atom stereocenters. The molecule has 31 heavy (non-hydrogen) atoms. The van der Waals surface area contributed by atoms with E-state index in [0.29, 0.717) is 36.6 Å². The predicted molar refractivity (Wildman–Crippen MR) is 119 cm³/mol. The summed E-state index contributed by atoms with van der Waals surface area (Å²) in [6.45, 7) is 1.92. The Morgan fingerprint density at radius 3 is 2.77 bits per heavy atom. The molecule has 0 bridgehead atoms. The maximum Gasteiger partial charge on any atom is 0.0991 e. The first-order chi connectivity index (χ1) is 15.0. The summed E-state index contributed by atoms with van der Waals surface area (Å²) in [6.07, 6.45) is 3.78. The normalized spacial score (nSPS) is 19.9. The molecule has 6 nitrogen and oxygen atoms in total. The number of benzene rings is 2. The van der Waals surface area contributed by atoms with Gasteiger partial charge in [0.25, 0.3) is 0 Å². The summed E-state index contributed by atoms with van der Waals surface area (Å²) in [7, 11) is 0. The highest BCUT2D eigenvalue weighted by molar-refractivity contribution is 6.30. The molecule has 2 N–H and O–H groups in total. The Balaban J connectivity index is 1.42. The lowest BCUT2D eigenvalue weighted by Gasteiger charge is -2.28. The fraction of sp³-hybridized carbons (Fsp3) is 0.333. The molecule has 3 aromatic rings. The van der Waals surface area contributed by atoms with E-state index in [4.69, 9.17) is 16.9 Å². The van der Waals surface area contributed by atoms with Gasteiger partial charge < -0.3 is 14.8 Å². The van der Waals surface area contributed by atoms with Crippen molar-refractivity contribution in [2.75, 3.05) is 13.1 Å². The summed E-state index contributed by atoms with van der Waals surface area (Å²) in [6, 6.07) is 16.8. The lowest BCUT2D eigenvalue weighted by atomic mass is 9.99. The van der Waals surface area contributed by atoms with Crippen LogP contribution >= 0.6 is 11.6 Å². The topological polar surface area (TPSA) is 85.3 Å². The van der Waals surface area contributed by atoms with E-state index < -0.39 is 12.2 Å². The second kappa shape index (κ2) is 9.63. The van der Waals surface area contributed by atoms with Crippen LogP contribution in [0.5, 0.6) is 0 Å². The van der Waals surface area contributed by atoms with Crippen molar-refractivity contribution in [2.24, 2.45) is 0 Å². The molecule has 0 spiro atoms. The molecule has 1 aromatic heterocycles. The number of halogens is 1. The molecular weight excluding hydrogens is 412 g/mol. The fourth-order valence-electron chi connectivity index (χ4n) is 4.25. The molecule has 0 radical (unpaired) electrons. The van der Waals surface area contributed by atoms with E-state index in [-0.39, 0.29) is 6.04 Å². The number of nitrogens with zero attached hydrogens (tertiary/aromatic N) is 4. The number of hydrogen-bond donors (Lipinski definition) is 2. The first-order valence-electron chi connectivity index (χ1n) is 10.4. The molecule has 0 saturated carbocycles. The van der Waals surface area contributed by atoms with Gasteiger partial charge in [0.05, 0.1) is 30.2 Å². The predicted octanol–water partition coefficient (Wildman–Crippen LogP) is 3.17. The van der Waals surface area contributed by atoms with Crippen LogP contribution in [0.15, 0.2) is 61.1 Å². The van der Waals surface area contributed by atoms with Gasteiger partial charge in [-0.1, -0.05) is 35.9 Å². The van der Waals surface area contributed by atoms with Crippen LogP contribution in [-0.4, -0.2) is 49.9 Å². The smallest absolute Gasteiger partial charge is 0.0991 e. The number of β-amino-alcohol motifs (C(OH)–C–C–N with tert-alkyl or cyclic N) is 1. The van der Waals surface area contributed by atoms with Crippen molar-refractivity contribution in [3.05, 3.63) is 88.5 Å². The SMILES string of the molecule is N#Cc1ccc(Cn2cncc2CCN2C[C@H](O)C[C@H]2[C@H](O)c2cccc(Cl)c2)cc1. The summed E-state index contributed by atoms with van der Waals surface area (Å²) in [5.41, 5.74) is 3.60. The minimum atomic E-state index is -0.709. The van der Waals surface area contributed by atoms with Crippen LogP contribution in [0.1, 0.15) is 34.9 Å². The molecular formula is C24H25ClN4O2. The van der Waals surface area contributed by atoms with Crippen molar-refractivity contribution < 1.29 is 10.2 Å². The highest BCUT2D eigenvalue weighted by Gasteiger charge is 2.36. The number of aliphatic hydroxyl groups excluding tert-OH is 2. The largest absolute Gasteiger partial charge is 0.392 e. The molecule has 1 aliphatic heterocycles. The molecule has 160 valence electrons. The Morgan fingerprint density at radius 2 is 2.03 bits per heavy atom. The second-order valence-electron chi connectivity index (χ2n) is 8.02. The Kier molecular flexibility index (Phi) is 6.69. The van der Waals surface area contributed by atoms with Gasteiger partial charge in [-0.3, -0.25) is 4.90 Å². The minimum absolute atomic E-state index is 0.164. The average Bonchev–Trinajstić information content (AvgIpc) is 3.38. The van der Waals surface area contributed by atoms with Gasteiger partial charge in [-0.15, -0.1) is 0 Å². The molecule has 1 fully saturated rings. The van der Waals surface area contributed by atoms with Crippen molar-refractivity contribution in [1.29, 1.82) is 5.26 Å². The van der Waals surface area contributed by atoms with E-state index in [9.17, 15) is 10.2 Å². The van der Waals surface area contributed by atoms with Crippen LogP contribution in [0.25, 0.3) is 0 Å². The van der Waals surface area contributed by atoms with Gasteiger partial charge in [0, 0.05) is 49.0 Å². The molecule has 3 atom stereocenters. The number of rotatable bonds is 7. The monoisotopic (exact) mass is 436 g/mol. The lowest BCUT2D eigenvalue weighted by molar-refractivity contribution is 0.0729. The van der Waals surface area contributed by atoms with Crippen molar-refractivity contribution in [3.63, 3.8) is 0 Å². The highest BCUT2D eigenvalue weighted by Crippen LogP contribution is 2.30. The third kappa shape index (κ3) is 5.15. The zero-order valence-electron chi connectivity index (χ0n) is 17.1. The number of likely N-dealkylation sites (tertiary alicyclic amines) is 1. The zero-order valence-corrected chi connectivity index (χ0v) is 17.9. The maximum absolute atomic E-state index is 10.9. The quantitative estimate of drug-likeness (QED) is 0.594. The van der Waals surface area contributed by atoms with Gasteiger partial charge in [0.2, 0.25) is 0 Å². The average molecular weight is 437 g/mol. The second-order valence-corrected chi connectivity index (χ2v) is 8.46. The van der Waals surface area contributed by atoms with Crippen LogP contribution in [0.2, 0.25) is 5.02 Å². The lowest BCUT2D eigenvalue weighted by Crippen LogP contribution is -2.36. The van der Waals surface area contributed by atoms with Crippen molar-refractivity contribution in [1.82, 2.24) is 14.5 Å². The van der Waals surface area contributed by atoms with E-state index in [1.54, 1.807) is 12.1 Å². The van der Waals surface area contributed by atoms with Gasteiger partial charge in [-0.25, -0.2) is 4.98 Å². The Hall–Kier alpha value is -2.69. The number of aromatic nitrogens is 2. The van der Waals surface area contributed by atoms with Crippen LogP contribution in [-0.2, 0) is 13.0 Å². The summed E-state index contributed by atoms with van der Waals surface area (Å²) in [4.78, 5) is 6.45. The number of nitriles is 1. The van der Waals surface area contributed by atoms with Gasteiger partial charge in [-0.2, -0.15) is 5.26 Å². The molecule has 0 amide bonds. The minimum Gasteiger partial charge on any atom is -0.392 e. The van der Waals surface area contributed by atoms with Gasteiger partial charge in [0.1, 0.15) is 0 Å². The summed E-state index contributed by atoms with van der Waals surface area (Å²) < 4.78 is 2.09. The first kappa shape index (κ1) is 21.5. The molecule has 0 aliphatic carbocycles. The Morgan fingerprint density at radius 1 is 1.23 bits per heavy atom. The van der Waals surface area contributed by atoms with Crippen molar-refractivity contribution in [3.8, 4) is 6.07 Å². The van der Waals surface area contributed by atoms with E-state index in [2.05, 4.69) is 20.5 Å². The molecule has 1 aliphatic rings. The van der Waals surface area contributed by atoms with E-state index >= 15 is 0 Å². The van der Waals surface area contributed by atoms with Gasteiger partial charge in [-0.05, 0) is 41.8 Å². The standard InChI is InChI=1S/C24H25ClN4O2/c25-20-3-1-2-19(10-20)24(31)23-11-22(30)15-28(23)9-8-21-13-27-16-29(21)14-18-6-4-17(12-26)5-7-18/h1-7,10,13,16,22-24,30-31H,8-9,11,14-15H2/t22-,23+,24-/m1/s1. The van der Waals surface area contributed by atoms with Gasteiger partial charge in [0.15, 0.2) is 0 Å². The summed E-state index contributed by atoms with van der Waals surface area (Å²) >= 11 is 6.09. The molecule has 4 rings (SSSR count). The molecule has 2 aromatic carbocycles. The Bertz CT molecular complexity index is 1060. The number of aliphatic hydroxyl groups is 2. The molecule has 2 heterocycles. The van der Waals surface area contributed by atoms with Gasteiger partial charge >= 0.3 is 0 Å². The van der Waals surface area contributed by atoms with Crippen LogP contribution in [0.3, 0.4) is 0 Å². The van der Waals surface area contributed by atoms with E-state index in [0.717, 1.165) is 23.2 Å². The maximum atomic E-state index is 10.9. The molecule has 7 heteroatoms. The van der Waals surface area contributed by atoms with Crippen molar-refractivity contribution in [2.45, 2.75) is 37.6 Å². The zero-order chi connectivity index (χ0) is 21.8. The molecule has 1 saturated heterocycles. The van der Waals surface area contributed by atoms with E-state index in [1.165, 1.54) is 0 Å². The third-order valence-corrected chi connectivity index (χ3v) is 6.11. The Labute approximate surface area is 187 Å². The first-order valence-corrected chi connectivity index (χ1v) is 10.7. The number of hydrogen-bond acceptors (Lipinski definition) is 5. The van der Waals surface area contributed by atoms with Crippen LogP contribution in [0.4, 0.5) is 0 Å². The van der Waals surface area contributed by atoms with Crippen molar-refractivity contribution >= 4 is 11.6 Å². The van der Waals surface area contributed by atoms with Crippen LogP contribution < -0.4 is 0 Å². The highest BCUT2D eigenvalue weighted by atomic mass is 35.5. The third-order valence-electron chi connectivity index (χ3n) is 5.87. The fourth-order valence-corrected chi connectivity index (χ4v) is 4.44.